The zero-order valence-corrected chi connectivity index (χ0v) is 17.2. The molecule has 1 heterocycles. The van der Waals surface area contributed by atoms with Gasteiger partial charge in [-0.2, -0.15) is 0 Å². The fraction of sp³-hybridized carbons (Fsp3) is 0.364. The molecule has 0 spiro atoms. The summed E-state index contributed by atoms with van der Waals surface area (Å²) in [5.41, 5.74) is 1.80. The summed E-state index contributed by atoms with van der Waals surface area (Å²) in [7, 11) is 0. The number of carbonyl (C=O) groups excluding carboxylic acids is 2. The number of ether oxygens (including phenoxy) is 1. The second-order valence-corrected chi connectivity index (χ2v) is 7.36. The van der Waals surface area contributed by atoms with E-state index in [1.54, 1.807) is 11.0 Å². The summed E-state index contributed by atoms with van der Waals surface area (Å²) in [6, 6.07) is 15.0. The fourth-order valence-electron chi connectivity index (χ4n) is 3.19. The molecule has 1 aliphatic rings. The number of amides is 2. The molecule has 1 unspecified atom stereocenters. The molecule has 6 nitrogen and oxygen atoms in total. The molecular weight excluding hydrogens is 390 g/mol. The number of nitrogens with zero attached hydrogens (tertiary/aromatic N) is 1. The number of anilines is 1. The predicted octanol–water partition coefficient (Wildman–Crippen LogP) is 2.79. The van der Waals surface area contributed by atoms with Gasteiger partial charge in [-0.15, -0.1) is 0 Å². The molecule has 29 heavy (non-hydrogen) atoms. The Labute approximate surface area is 176 Å². The van der Waals surface area contributed by atoms with Gasteiger partial charge in [-0.25, -0.2) is 0 Å². The van der Waals surface area contributed by atoms with Crippen LogP contribution in [-0.2, 0) is 16.0 Å². The minimum absolute atomic E-state index is 0.0971. The molecule has 2 aromatic carbocycles. The first kappa shape index (κ1) is 21.1. The number of rotatable bonds is 8. The SMILES string of the molecule is CCCNC(=O)C1CN(C(=O)CNCCc2cccc(Cl)c2)c2ccccc2O1. The Kier molecular flexibility index (Phi) is 7.49. The lowest BCUT2D eigenvalue weighted by Gasteiger charge is -2.34. The number of nitrogens with one attached hydrogen (secondary N) is 2. The molecular formula is C22H26ClN3O3. The lowest BCUT2D eigenvalue weighted by atomic mass is 10.1. The van der Waals surface area contributed by atoms with E-state index in [9.17, 15) is 9.59 Å². The molecule has 3 rings (SSSR count). The minimum atomic E-state index is -0.716. The van der Waals surface area contributed by atoms with E-state index in [0.29, 0.717) is 29.5 Å². The van der Waals surface area contributed by atoms with Gasteiger partial charge < -0.3 is 20.3 Å². The molecule has 0 saturated heterocycles. The van der Waals surface area contributed by atoms with E-state index in [2.05, 4.69) is 10.6 Å². The third-order valence-electron chi connectivity index (χ3n) is 4.67. The van der Waals surface area contributed by atoms with Gasteiger partial charge in [0.25, 0.3) is 5.91 Å². The van der Waals surface area contributed by atoms with E-state index in [0.717, 1.165) is 18.4 Å². The maximum absolute atomic E-state index is 12.9. The highest BCUT2D eigenvalue weighted by molar-refractivity contribution is 6.30. The van der Waals surface area contributed by atoms with Crippen LogP contribution in [0, 0.1) is 0 Å². The van der Waals surface area contributed by atoms with Crippen LogP contribution in [0.2, 0.25) is 5.02 Å². The Morgan fingerprint density at radius 1 is 1.17 bits per heavy atom. The van der Waals surface area contributed by atoms with Crippen molar-refractivity contribution >= 4 is 29.1 Å². The van der Waals surface area contributed by atoms with Gasteiger partial charge in [-0.3, -0.25) is 9.59 Å². The number of hydrogen-bond acceptors (Lipinski definition) is 4. The lowest BCUT2D eigenvalue weighted by molar-refractivity contribution is -0.128. The average Bonchev–Trinajstić information content (AvgIpc) is 2.74. The van der Waals surface area contributed by atoms with Crippen molar-refractivity contribution in [1.82, 2.24) is 10.6 Å². The first-order chi connectivity index (χ1) is 14.1. The molecule has 1 atom stereocenters. The molecule has 2 N–H and O–H groups in total. The van der Waals surface area contributed by atoms with Crippen LogP contribution in [0.1, 0.15) is 18.9 Å². The summed E-state index contributed by atoms with van der Waals surface area (Å²) < 4.78 is 5.83. The molecule has 0 radical (unpaired) electrons. The van der Waals surface area contributed by atoms with Crippen molar-refractivity contribution in [3.05, 3.63) is 59.1 Å². The summed E-state index contributed by atoms with van der Waals surface area (Å²) in [6.07, 6.45) is 0.899. The number of benzene rings is 2. The van der Waals surface area contributed by atoms with Crippen molar-refractivity contribution in [2.45, 2.75) is 25.9 Å². The molecule has 7 heteroatoms. The summed E-state index contributed by atoms with van der Waals surface area (Å²) in [6.45, 7) is 3.60. The summed E-state index contributed by atoms with van der Waals surface area (Å²) in [5, 5.41) is 6.73. The normalized spacial score (nSPS) is 15.4. The van der Waals surface area contributed by atoms with Gasteiger partial charge in [-0.1, -0.05) is 42.8 Å². The fourth-order valence-corrected chi connectivity index (χ4v) is 3.40. The molecule has 0 aromatic heterocycles. The zero-order chi connectivity index (χ0) is 20.6. The minimum Gasteiger partial charge on any atom is -0.477 e. The first-order valence-corrected chi connectivity index (χ1v) is 10.2. The first-order valence-electron chi connectivity index (χ1n) is 9.87. The average molecular weight is 416 g/mol. The van der Waals surface area contributed by atoms with Gasteiger partial charge in [0.15, 0.2) is 6.10 Å². The van der Waals surface area contributed by atoms with Crippen molar-refractivity contribution in [3.63, 3.8) is 0 Å². The van der Waals surface area contributed by atoms with Crippen molar-refractivity contribution in [2.24, 2.45) is 0 Å². The van der Waals surface area contributed by atoms with Gasteiger partial charge in [0.2, 0.25) is 5.91 Å². The largest absolute Gasteiger partial charge is 0.477 e. The van der Waals surface area contributed by atoms with Crippen molar-refractivity contribution in [1.29, 1.82) is 0 Å². The van der Waals surface area contributed by atoms with Crippen LogP contribution in [0.25, 0.3) is 0 Å². The van der Waals surface area contributed by atoms with E-state index in [1.807, 2.05) is 49.4 Å². The summed E-state index contributed by atoms with van der Waals surface area (Å²) in [4.78, 5) is 26.9. The quantitative estimate of drug-likeness (QED) is 0.650. The number of halogens is 1. The van der Waals surface area contributed by atoms with Crippen molar-refractivity contribution in [3.8, 4) is 5.75 Å². The van der Waals surface area contributed by atoms with Gasteiger partial charge in [0.05, 0.1) is 18.8 Å². The molecule has 2 amide bonds. The Morgan fingerprint density at radius 2 is 2.00 bits per heavy atom. The van der Waals surface area contributed by atoms with E-state index in [4.69, 9.17) is 16.3 Å². The van der Waals surface area contributed by atoms with Crippen LogP contribution in [0.15, 0.2) is 48.5 Å². The number of para-hydroxylation sites is 2. The topological polar surface area (TPSA) is 70.7 Å². The van der Waals surface area contributed by atoms with Gasteiger partial charge in [-0.05, 0) is 49.2 Å². The van der Waals surface area contributed by atoms with E-state index in [-0.39, 0.29) is 24.9 Å². The van der Waals surface area contributed by atoms with Crippen LogP contribution < -0.4 is 20.3 Å². The maximum Gasteiger partial charge on any atom is 0.262 e. The molecule has 0 saturated carbocycles. The predicted molar refractivity (Wildman–Crippen MR) is 115 cm³/mol. The second-order valence-electron chi connectivity index (χ2n) is 6.93. The van der Waals surface area contributed by atoms with Crippen LogP contribution in [0.3, 0.4) is 0 Å². The molecule has 154 valence electrons. The standard InChI is InChI=1S/C22H26ClN3O3/c1-2-11-25-22(28)20-15-26(18-8-3-4-9-19(18)29-20)21(27)14-24-12-10-16-6-5-7-17(23)13-16/h3-9,13,20,24H,2,10-12,14-15H2,1H3,(H,25,28). The highest BCUT2D eigenvalue weighted by atomic mass is 35.5. The number of fused-ring (bicyclic) bond motifs is 1. The second kappa shape index (κ2) is 10.3. The lowest BCUT2D eigenvalue weighted by Crippen LogP contribution is -2.52. The van der Waals surface area contributed by atoms with Gasteiger partial charge >= 0.3 is 0 Å². The Morgan fingerprint density at radius 3 is 2.79 bits per heavy atom. The van der Waals surface area contributed by atoms with Crippen LogP contribution in [0.5, 0.6) is 5.75 Å². The zero-order valence-electron chi connectivity index (χ0n) is 16.5. The van der Waals surface area contributed by atoms with E-state index >= 15 is 0 Å². The van der Waals surface area contributed by atoms with Crippen LogP contribution in [0.4, 0.5) is 5.69 Å². The van der Waals surface area contributed by atoms with Crippen LogP contribution in [-0.4, -0.2) is 44.1 Å². The molecule has 0 fully saturated rings. The third kappa shape index (κ3) is 5.71. The monoisotopic (exact) mass is 415 g/mol. The maximum atomic E-state index is 12.9. The molecule has 2 aromatic rings. The van der Waals surface area contributed by atoms with E-state index in [1.165, 1.54) is 0 Å². The highest BCUT2D eigenvalue weighted by Gasteiger charge is 2.33. The Balaban J connectivity index is 1.59. The summed E-state index contributed by atoms with van der Waals surface area (Å²) >= 11 is 6.00. The van der Waals surface area contributed by atoms with Gasteiger partial charge in [0.1, 0.15) is 5.75 Å². The third-order valence-corrected chi connectivity index (χ3v) is 4.91. The molecule has 0 aliphatic carbocycles. The smallest absolute Gasteiger partial charge is 0.262 e. The van der Waals surface area contributed by atoms with Crippen molar-refractivity contribution in [2.75, 3.05) is 31.1 Å². The molecule has 0 bridgehead atoms. The van der Waals surface area contributed by atoms with E-state index < -0.39 is 6.10 Å². The number of carbonyl (C=O) groups is 2. The van der Waals surface area contributed by atoms with Crippen LogP contribution >= 0.6 is 11.6 Å². The number of hydrogen-bond donors (Lipinski definition) is 2. The van der Waals surface area contributed by atoms with Gasteiger partial charge in [0, 0.05) is 11.6 Å². The Bertz CT molecular complexity index is 859. The Hall–Kier alpha value is -2.57. The molecule has 1 aliphatic heterocycles. The van der Waals surface area contributed by atoms with Crippen molar-refractivity contribution < 1.29 is 14.3 Å². The highest BCUT2D eigenvalue weighted by Crippen LogP contribution is 2.33. The summed E-state index contributed by atoms with van der Waals surface area (Å²) in [5.74, 6) is 0.246.